The minimum absolute atomic E-state index is 0.0344. The Kier molecular flexibility index (Phi) is 8.76. The van der Waals surface area contributed by atoms with Crippen LogP contribution in [0.4, 0.5) is 11.4 Å². The average Bonchev–Trinajstić information content (AvgIpc) is 2.92. The maximum absolute atomic E-state index is 13.5. The summed E-state index contributed by atoms with van der Waals surface area (Å²) in [5.41, 5.74) is 0.499. The number of methoxy groups -OCH3 is 1. The molecule has 38 heavy (non-hydrogen) atoms. The monoisotopic (exact) mass is 621 g/mol. The third-order valence-electron chi connectivity index (χ3n) is 6.09. The van der Waals surface area contributed by atoms with Gasteiger partial charge >= 0.3 is 0 Å². The normalized spacial score (nSPS) is 14.6. The predicted molar refractivity (Wildman–Crippen MR) is 149 cm³/mol. The number of halogens is 1. The van der Waals surface area contributed by atoms with Crippen LogP contribution >= 0.6 is 15.9 Å². The molecule has 0 spiro atoms. The molecule has 0 saturated carbocycles. The number of hydrogen-bond acceptors (Lipinski definition) is 6. The minimum atomic E-state index is -4.09. The summed E-state index contributed by atoms with van der Waals surface area (Å²) < 4.78 is 62.0. The number of rotatable bonds is 9. The van der Waals surface area contributed by atoms with E-state index >= 15 is 0 Å². The molecule has 1 fully saturated rings. The molecule has 1 heterocycles. The zero-order valence-corrected chi connectivity index (χ0v) is 23.9. The topological polar surface area (TPSA) is 113 Å². The summed E-state index contributed by atoms with van der Waals surface area (Å²) in [4.78, 5) is 13.1. The van der Waals surface area contributed by atoms with E-state index in [4.69, 9.17) is 4.74 Å². The van der Waals surface area contributed by atoms with Gasteiger partial charge in [0.25, 0.3) is 10.0 Å². The number of nitrogens with one attached hydrogen (secondary N) is 1. The van der Waals surface area contributed by atoms with E-state index < -0.39 is 32.5 Å². The van der Waals surface area contributed by atoms with Gasteiger partial charge in [0.15, 0.2) is 0 Å². The van der Waals surface area contributed by atoms with Crippen LogP contribution in [-0.2, 0) is 24.8 Å². The molecule has 0 radical (unpaired) electrons. The van der Waals surface area contributed by atoms with Crippen molar-refractivity contribution in [2.24, 2.45) is 0 Å². The van der Waals surface area contributed by atoms with E-state index in [1.807, 2.05) is 0 Å². The third-order valence-corrected chi connectivity index (χ3v) is 10.3. The smallest absolute Gasteiger partial charge is 0.264 e. The van der Waals surface area contributed by atoms with Crippen molar-refractivity contribution in [2.75, 3.05) is 36.4 Å². The highest BCUT2D eigenvalue weighted by molar-refractivity contribution is 9.10. The van der Waals surface area contributed by atoms with E-state index in [1.54, 1.807) is 42.5 Å². The molecular formula is C26H28BrN3O6S2. The highest BCUT2D eigenvalue weighted by atomic mass is 79.9. The third kappa shape index (κ3) is 6.20. The summed E-state index contributed by atoms with van der Waals surface area (Å²) in [6.45, 7) is 0.302. The number of sulfonamides is 2. The van der Waals surface area contributed by atoms with Gasteiger partial charge in [0.05, 0.1) is 17.7 Å². The number of hydrogen-bond donors (Lipinski definition) is 1. The molecule has 3 aromatic carbocycles. The van der Waals surface area contributed by atoms with Crippen molar-refractivity contribution in [3.63, 3.8) is 0 Å². The second kappa shape index (κ2) is 11.9. The molecule has 1 amide bonds. The van der Waals surface area contributed by atoms with Crippen LogP contribution in [0.1, 0.15) is 19.3 Å². The van der Waals surface area contributed by atoms with Crippen molar-refractivity contribution in [2.45, 2.75) is 29.1 Å². The molecule has 202 valence electrons. The maximum atomic E-state index is 13.5. The molecule has 4 rings (SSSR count). The Labute approximate surface area is 231 Å². The minimum Gasteiger partial charge on any atom is -0.495 e. The first-order valence-corrected chi connectivity index (χ1v) is 15.6. The van der Waals surface area contributed by atoms with Crippen molar-refractivity contribution in [3.05, 3.63) is 77.3 Å². The molecule has 9 nitrogen and oxygen atoms in total. The molecule has 0 bridgehead atoms. The largest absolute Gasteiger partial charge is 0.495 e. The summed E-state index contributed by atoms with van der Waals surface area (Å²) in [6, 6.07) is 18.8. The lowest BCUT2D eigenvalue weighted by Crippen LogP contribution is -2.38. The highest BCUT2D eigenvalue weighted by Crippen LogP contribution is 2.31. The van der Waals surface area contributed by atoms with E-state index in [-0.39, 0.29) is 21.2 Å². The molecule has 12 heteroatoms. The number of amides is 1. The summed E-state index contributed by atoms with van der Waals surface area (Å²) in [6.07, 6.45) is 2.53. The lowest BCUT2D eigenvalue weighted by atomic mass is 10.2. The Bertz CT molecular complexity index is 1510. The molecule has 1 aliphatic heterocycles. The first-order chi connectivity index (χ1) is 18.1. The molecule has 0 aromatic heterocycles. The van der Waals surface area contributed by atoms with E-state index in [2.05, 4.69) is 21.2 Å². The summed E-state index contributed by atoms with van der Waals surface area (Å²) >= 11 is 3.35. The number of carbonyl (C=O) groups excluding carboxylic acids is 1. The Morgan fingerprint density at radius 2 is 1.66 bits per heavy atom. The van der Waals surface area contributed by atoms with Gasteiger partial charge in [-0.2, -0.15) is 4.31 Å². The quantitative estimate of drug-likeness (QED) is 0.377. The molecule has 1 aliphatic rings. The second-order valence-corrected chi connectivity index (χ2v) is 13.4. The number of ether oxygens (including phenoxy) is 1. The predicted octanol–water partition coefficient (Wildman–Crippen LogP) is 4.47. The fourth-order valence-corrected chi connectivity index (χ4v) is 7.72. The first kappa shape index (κ1) is 28.1. The maximum Gasteiger partial charge on any atom is 0.264 e. The van der Waals surface area contributed by atoms with Crippen molar-refractivity contribution < 1.29 is 26.4 Å². The van der Waals surface area contributed by atoms with Gasteiger partial charge in [0.1, 0.15) is 17.2 Å². The van der Waals surface area contributed by atoms with Crippen molar-refractivity contribution in [1.82, 2.24) is 4.31 Å². The van der Waals surface area contributed by atoms with Crippen LogP contribution in [0.5, 0.6) is 5.75 Å². The molecule has 0 unspecified atom stereocenters. The number of nitrogens with zero attached hydrogens (tertiary/aromatic N) is 2. The molecular weight excluding hydrogens is 594 g/mol. The van der Waals surface area contributed by atoms with Gasteiger partial charge in [0, 0.05) is 23.2 Å². The Morgan fingerprint density at radius 3 is 2.32 bits per heavy atom. The summed E-state index contributed by atoms with van der Waals surface area (Å²) in [5.74, 6) is -0.480. The fourth-order valence-electron chi connectivity index (χ4n) is 4.20. The lowest BCUT2D eigenvalue weighted by molar-refractivity contribution is -0.114. The standard InChI is InChI=1S/C26H28BrN3O6S2/c1-36-24-14-13-21(18-25(24)38(34,35)29-15-6-3-7-16-29)28-26(31)19-30(22-10-8-9-20(27)17-22)37(32,33)23-11-4-2-5-12-23/h2,4-5,8-14,17-18H,3,6-7,15-16,19H2,1H3,(H,28,31). The van der Waals surface area contributed by atoms with Gasteiger partial charge in [-0.15, -0.1) is 0 Å². The molecule has 0 aliphatic carbocycles. The van der Waals surface area contributed by atoms with Crippen LogP contribution in [0.25, 0.3) is 0 Å². The zero-order valence-electron chi connectivity index (χ0n) is 20.7. The van der Waals surface area contributed by atoms with Gasteiger partial charge in [-0.1, -0.05) is 46.6 Å². The molecule has 1 N–H and O–H groups in total. The summed E-state index contributed by atoms with van der Waals surface area (Å²) in [7, 11) is -6.55. The number of benzene rings is 3. The summed E-state index contributed by atoms with van der Waals surface area (Å²) in [5, 5.41) is 2.65. The van der Waals surface area contributed by atoms with Crippen LogP contribution in [0.3, 0.4) is 0 Å². The first-order valence-electron chi connectivity index (χ1n) is 11.9. The van der Waals surface area contributed by atoms with E-state index in [1.165, 1.54) is 41.7 Å². The van der Waals surface area contributed by atoms with E-state index in [0.717, 1.165) is 23.6 Å². The fraction of sp³-hybridized carbons (Fsp3) is 0.269. The average molecular weight is 623 g/mol. The van der Waals surface area contributed by atoms with Gasteiger partial charge in [-0.3, -0.25) is 9.10 Å². The van der Waals surface area contributed by atoms with Crippen molar-refractivity contribution >= 4 is 53.3 Å². The lowest BCUT2D eigenvalue weighted by Gasteiger charge is -2.27. The van der Waals surface area contributed by atoms with E-state index in [0.29, 0.717) is 23.2 Å². The van der Waals surface area contributed by atoms with Crippen LogP contribution in [0, 0.1) is 0 Å². The number of anilines is 2. The van der Waals surface area contributed by atoms with Crippen LogP contribution in [-0.4, -0.2) is 53.8 Å². The van der Waals surface area contributed by atoms with E-state index in [9.17, 15) is 21.6 Å². The van der Waals surface area contributed by atoms with Crippen molar-refractivity contribution in [1.29, 1.82) is 0 Å². The van der Waals surface area contributed by atoms with Gasteiger partial charge in [0.2, 0.25) is 15.9 Å². The molecule has 3 aromatic rings. The molecule has 0 atom stereocenters. The van der Waals surface area contributed by atoms with Crippen LogP contribution < -0.4 is 14.4 Å². The zero-order chi connectivity index (χ0) is 27.3. The van der Waals surface area contributed by atoms with Crippen molar-refractivity contribution in [3.8, 4) is 5.75 Å². The van der Waals surface area contributed by atoms with Crippen LogP contribution in [0.15, 0.2) is 87.1 Å². The van der Waals surface area contributed by atoms with Crippen LogP contribution in [0.2, 0.25) is 0 Å². The Balaban J connectivity index is 1.63. The van der Waals surface area contributed by atoms with Gasteiger partial charge < -0.3 is 10.1 Å². The Hall–Kier alpha value is -2.93. The molecule has 1 saturated heterocycles. The Morgan fingerprint density at radius 1 is 0.947 bits per heavy atom. The van der Waals surface area contributed by atoms with Gasteiger partial charge in [-0.25, -0.2) is 16.8 Å². The van der Waals surface area contributed by atoms with Gasteiger partial charge in [-0.05, 0) is 61.4 Å². The number of piperidine rings is 1. The SMILES string of the molecule is COc1ccc(NC(=O)CN(c2cccc(Br)c2)S(=O)(=O)c2ccccc2)cc1S(=O)(=O)N1CCCCC1. The second-order valence-electron chi connectivity index (χ2n) is 8.68. The number of carbonyl (C=O) groups is 1. The highest BCUT2D eigenvalue weighted by Gasteiger charge is 2.30.